The number of benzene rings is 2. The summed E-state index contributed by atoms with van der Waals surface area (Å²) in [6.45, 7) is 0.598. The molecule has 2 aliphatic heterocycles. The fourth-order valence-corrected chi connectivity index (χ4v) is 3.77. The Balaban J connectivity index is 1.76. The predicted molar refractivity (Wildman–Crippen MR) is 96.7 cm³/mol. The molecule has 0 bridgehead atoms. The molecule has 0 saturated heterocycles. The largest absolute Gasteiger partial charge is 0.508 e. The Morgan fingerprint density at radius 2 is 1.73 bits per heavy atom. The highest BCUT2D eigenvalue weighted by Crippen LogP contribution is 2.51. The minimum absolute atomic E-state index is 0.196. The minimum atomic E-state index is -0.503. The molecule has 0 unspecified atom stereocenters. The molecule has 0 amide bonds. The number of fused-ring (bicyclic) bond motifs is 4. The Labute approximate surface area is 150 Å². The fourth-order valence-electron chi connectivity index (χ4n) is 3.77. The zero-order valence-electron chi connectivity index (χ0n) is 13.8. The van der Waals surface area contributed by atoms with Crippen LogP contribution in [0.1, 0.15) is 11.1 Å². The average molecular weight is 344 g/mol. The van der Waals surface area contributed by atoms with Crippen LogP contribution in [-0.4, -0.2) is 21.6 Å². The van der Waals surface area contributed by atoms with Crippen molar-refractivity contribution in [2.75, 3.05) is 6.54 Å². The van der Waals surface area contributed by atoms with Crippen molar-refractivity contribution >= 4 is 0 Å². The number of nitrogens with zero attached hydrogens (tertiary/aromatic N) is 2. The van der Waals surface area contributed by atoms with Gasteiger partial charge in [-0.25, -0.2) is 9.97 Å². The molecule has 26 heavy (non-hydrogen) atoms. The summed E-state index contributed by atoms with van der Waals surface area (Å²) in [5, 5.41) is 13.3. The SMILES string of the molecule is NC1=C[C@@]2(CN1)c1cc(O)ccc1Oc1ccc(-c3cncnc3)cc12. The Kier molecular flexibility index (Phi) is 2.97. The van der Waals surface area contributed by atoms with Gasteiger partial charge >= 0.3 is 0 Å². The number of phenols is 1. The zero-order chi connectivity index (χ0) is 17.7. The van der Waals surface area contributed by atoms with Crippen LogP contribution in [0.15, 0.2) is 67.0 Å². The number of aromatic nitrogens is 2. The lowest BCUT2D eigenvalue weighted by atomic mass is 9.72. The van der Waals surface area contributed by atoms with Gasteiger partial charge in [-0.15, -0.1) is 0 Å². The Morgan fingerprint density at radius 3 is 2.46 bits per heavy atom. The predicted octanol–water partition coefficient (Wildman–Crippen LogP) is 2.64. The van der Waals surface area contributed by atoms with Gasteiger partial charge in [0.25, 0.3) is 0 Å². The summed E-state index contributed by atoms with van der Waals surface area (Å²) < 4.78 is 6.11. The molecule has 1 aromatic heterocycles. The number of rotatable bonds is 1. The van der Waals surface area contributed by atoms with E-state index >= 15 is 0 Å². The summed E-state index contributed by atoms with van der Waals surface area (Å²) in [5.41, 5.74) is 9.37. The molecule has 3 aromatic rings. The van der Waals surface area contributed by atoms with Crippen LogP contribution in [0.25, 0.3) is 11.1 Å². The van der Waals surface area contributed by atoms with Crippen molar-refractivity contribution in [1.82, 2.24) is 15.3 Å². The molecule has 0 fully saturated rings. The van der Waals surface area contributed by atoms with Gasteiger partial charge in [0, 0.05) is 35.6 Å². The van der Waals surface area contributed by atoms with Gasteiger partial charge in [-0.05, 0) is 42.0 Å². The Hall–Kier alpha value is -3.54. The standard InChI is InChI=1S/C20H16N4O2/c21-19-7-20(10-24-19)15-5-12(13-8-22-11-23-9-13)1-3-17(15)26-18-4-2-14(25)6-16(18)20/h1-9,11,24-25H,10,21H2/t20-/m0/s1. The highest BCUT2D eigenvalue weighted by molar-refractivity contribution is 5.70. The number of ether oxygens (including phenoxy) is 1. The summed E-state index contributed by atoms with van der Waals surface area (Å²) in [6, 6.07) is 11.2. The van der Waals surface area contributed by atoms with E-state index in [2.05, 4.69) is 21.4 Å². The van der Waals surface area contributed by atoms with Crippen LogP contribution >= 0.6 is 0 Å². The van der Waals surface area contributed by atoms with E-state index in [1.54, 1.807) is 30.6 Å². The maximum absolute atomic E-state index is 10.0. The smallest absolute Gasteiger partial charge is 0.132 e. The van der Waals surface area contributed by atoms with E-state index < -0.39 is 5.41 Å². The van der Waals surface area contributed by atoms with E-state index in [1.807, 2.05) is 18.2 Å². The summed E-state index contributed by atoms with van der Waals surface area (Å²) in [5.74, 6) is 2.30. The highest BCUT2D eigenvalue weighted by Gasteiger charge is 2.44. The summed E-state index contributed by atoms with van der Waals surface area (Å²) in [6.07, 6.45) is 7.07. The normalized spacial score (nSPS) is 19.9. The van der Waals surface area contributed by atoms with Gasteiger partial charge in [-0.3, -0.25) is 0 Å². The summed E-state index contributed by atoms with van der Waals surface area (Å²) >= 11 is 0. The van der Waals surface area contributed by atoms with Crippen LogP contribution in [0.3, 0.4) is 0 Å². The molecule has 5 rings (SSSR count). The van der Waals surface area contributed by atoms with Crippen LogP contribution in [-0.2, 0) is 5.41 Å². The number of nitrogens with one attached hydrogen (secondary N) is 1. The van der Waals surface area contributed by atoms with Crippen molar-refractivity contribution in [2.45, 2.75) is 5.41 Å². The lowest BCUT2D eigenvalue weighted by molar-refractivity contribution is 0.417. The first-order chi connectivity index (χ1) is 12.7. The maximum Gasteiger partial charge on any atom is 0.132 e. The zero-order valence-corrected chi connectivity index (χ0v) is 13.8. The monoisotopic (exact) mass is 344 g/mol. The van der Waals surface area contributed by atoms with E-state index in [0.717, 1.165) is 33.8 Å². The van der Waals surface area contributed by atoms with Gasteiger partial charge in [0.15, 0.2) is 0 Å². The van der Waals surface area contributed by atoms with Gasteiger partial charge in [-0.2, -0.15) is 0 Å². The van der Waals surface area contributed by atoms with Crippen LogP contribution in [0.2, 0.25) is 0 Å². The van der Waals surface area contributed by atoms with Crippen LogP contribution in [0.5, 0.6) is 17.2 Å². The van der Waals surface area contributed by atoms with Crippen LogP contribution in [0.4, 0.5) is 0 Å². The molecule has 0 radical (unpaired) electrons. The fraction of sp³-hybridized carbons (Fsp3) is 0.100. The Bertz CT molecular complexity index is 1050. The Morgan fingerprint density at radius 1 is 1.00 bits per heavy atom. The number of aromatic hydroxyl groups is 1. The second kappa shape index (κ2) is 5.23. The van der Waals surface area contributed by atoms with Gasteiger partial charge < -0.3 is 20.9 Å². The molecule has 6 heteroatoms. The van der Waals surface area contributed by atoms with E-state index in [1.165, 1.54) is 6.33 Å². The van der Waals surface area contributed by atoms with Gasteiger partial charge in [-0.1, -0.05) is 6.07 Å². The third-order valence-corrected chi connectivity index (χ3v) is 4.99. The number of nitrogens with two attached hydrogens (primary N) is 1. The molecule has 4 N–H and O–H groups in total. The molecule has 6 nitrogen and oxygen atoms in total. The topological polar surface area (TPSA) is 93.3 Å². The third-order valence-electron chi connectivity index (χ3n) is 4.99. The summed E-state index contributed by atoms with van der Waals surface area (Å²) in [7, 11) is 0. The molecule has 1 spiro atoms. The van der Waals surface area contributed by atoms with Gasteiger partial charge in [0.2, 0.25) is 0 Å². The molecule has 1 atom stereocenters. The number of hydrogen-bond acceptors (Lipinski definition) is 6. The molecule has 128 valence electrons. The number of phenolic OH excluding ortho intramolecular Hbond substituents is 1. The van der Waals surface area contributed by atoms with Crippen molar-refractivity contribution in [3.63, 3.8) is 0 Å². The number of hydrogen-bond donors (Lipinski definition) is 3. The third kappa shape index (κ3) is 2.05. The molecular weight excluding hydrogens is 328 g/mol. The second-order valence-corrected chi connectivity index (χ2v) is 6.55. The van der Waals surface area contributed by atoms with Gasteiger partial charge in [0.1, 0.15) is 23.6 Å². The van der Waals surface area contributed by atoms with Gasteiger partial charge in [0.05, 0.1) is 11.2 Å². The molecule has 2 aliphatic rings. The highest BCUT2D eigenvalue weighted by atomic mass is 16.5. The maximum atomic E-state index is 10.0. The lowest BCUT2D eigenvalue weighted by Gasteiger charge is -2.35. The van der Waals surface area contributed by atoms with Crippen LogP contribution < -0.4 is 15.8 Å². The quantitative estimate of drug-likeness (QED) is 0.628. The van der Waals surface area contributed by atoms with Crippen LogP contribution in [0, 0.1) is 0 Å². The van der Waals surface area contributed by atoms with Crippen molar-refractivity contribution in [3.8, 4) is 28.4 Å². The van der Waals surface area contributed by atoms with E-state index in [0.29, 0.717) is 12.4 Å². The van der Waals surface area contributed by atoms with E-state index in [-0.39, 0.29) is 5.75 Å². The first kappa shape index (κ1) is 14.8. The van der Waals surface area contributed by atoms with Crippen molar-refractivity contribution in [1.29, 1.82) is 0 Å². The van der Waals surface area contributed by atoms with Crippen molar-refractivity contribution < 1.29 is 9.84 Å². The average Bonchev–Trinajstić information content (AvgIpc) is 3.06. The molecule has 0 aliphatic carbocycles. The molecule has 2 aromatic carbocycles. The van der Waals surface area contributed by atoms with Crippen molar-refractivity contribution in [2.24, 2.45) is 5.73 Å². The first-order valence-corrected chi connectivity index (χ1v) is 8.29. The van der Waals surface area contributed by atoms with E-state index in [4.69, 9.17) is 10.5 Å². The first-order valence-electron chi connectivity index (χ1n) is 8.29. The lowest BCUT2D eigenvalue weighted by Crippen LogP contribution is -2.34. The van der Waals surface area contributed by atoms with E-state index in [9.17, 15) is 5.11 Å². The minimum Gasteiger partial charge on any atom is -0.508 e. The molecule has 3 heterocycles. The molecule has 0 saturated carbocycles. The second-order valence-electron chi connectivity index (χ2n) is 6.55. The summed E-state index contributed by atoms with van der Waals surface area (Å²) in [4.78, 5) is 8.20. The molecular formula is C20H16N4O2. The van der Waals surface area contributed by atoms with Crippen molar-refractivity contribution in [3.05, 3.63) is 78.1 Å².